The number of hydrogen-bond donors (Lipinski definition) is 0. The first kappa shape index (κ1) is 11.2. The van der Waals surface area contributed by atoms with E-state index in [1.54, 1.807) is 0 Å². The summed E-state index contributed by atoms with van der Waals surface area (Å²) in [5.74, 6) is 0.525. The molecule has 1 aromatic carbocycles. The molecule has 1 aliphatic rings. The molecule has 5 nitrogen and oxygen atoms in total. The van der Waals surface area contributed by atoms with Crippen molar-refractivity contribution in [3.8, 4) is 6.01 Å². The van der Waals surface area contributed by atoms with Crippen LogP contribution in [0.5, 0.6) is 6.01 Å². The molecule has 0 spiro atoms. The Morgan fingerprint density at radius 3 is 2.89 bits per heavy atom. The van der Waals surface area contributed by atoms with E-state index >= 15 is 0 Å². The highest BCUT2D eigenvalue weighted by Gasteiger charge is 2.23. The van der Waals surface area contributed by atoms with Crippen LogP contribution in [0.25, 0.3) is 0 Å². The molecule has 0 fully saturated rings. The number of hydrogen-bond acceptors (Lipinski definition) is 5. The smallest absolute Gasteiger partial charge is 0.322 e. The first-order chi connectivity index (χ1) is 8.78. The fraction of sp³-hybridized carbons (Fsp3) is 0.250. The van der Waals surface area contributed by atoms with Crippen molar-refractivity contribution in [3.63, 3.8) is 0 Å². The number of halogens is 1. The molecule has 0 bridgehead atoms. The van der Waals surface area contributed by atoms with Crippen LogP contribution < -0.4 is 9.64 Å². The minimum Gasteiger partial charge on any atom is -0.467 e. The third-order valence-corrected chi connectivity index (χ3v) is 3.06. The number of ether oxygens (including phenoxy) is 1. The lowest BCUT2D eigenvalue weighted by Gasteiger charge is -2.17. The maximum Gasteiger partial charge on any atom is 0.322 e. The van der Waals surface area contributed by atoms with Crippen molar-refractivity contribution in [1.29, 1.82) is 0 Å². The summed E-state index contributed by atoms with van der Waals surface area (Å²) in [7, 11) is 1.51. The van der Waals surface area contributed by atoms with E-state index in [4.69, 9.17) is 16.3 Å². The number of anilines is 2. The molecule has 1 aromatic heterocycles. The molecule has 0 radical (unpaired) electrons. The molecule has 2 aromatic rings. The van der Waals surface area contributed by atoms with Crippen molar-refractivity contribution in [3.05, 3.63) is 35.1 Å². The number of rotatable bonds is 2. The monoisotopic (exact) mass is 262 g/mol. The van der Waals surface area contributed by atoms with Crippen molar-refractivity contribution in [2.75, 3.05) is 18.6 Å². The first-order valence-electron chi connectivity index (χ1n) is 5.59. The summed E-state index contributed by atoms with van der Waals surface area (Å²) in [6, 6.07) is 8.41. The molecule has 0 aliphatic carbocycles. The van der Waals surface area contributed by atoms with E-state index in [9.17, 15) is 0 Å². The molecular formula is C12H11ClN4O. The topological polar surface area (TPSA) is 51.1 Å². The van der Waals surface area contributed by atoms with E-state index < -0.39 is 0 Å². The molecule has 0 N–H and O–H groups in total. The van der Waals surface area contributed by atoms with Gasteiger partial charge in [0.05, 0.1) is 7.11 Å². The third kappa shape index (κ3) is 1.86. The van der Waals surface area contributed by atoms with E-state index in [0.717, 1.165) is 18.7 Å². The second kappa shape index (κ2) is 4.42. The molecule has 2 heterocycles. The van der Waals surface area contributed by atoms with Gasteiger partial charge in [-0.2, -0.15) is 15.0 Å². The molecule has 0 saturated heterocycles. The molecular weight excluding hydrogens is 252 g/mol. The van der Waals surface area contributed by atoms with Crippen LogP contribution in [-0.2, 0) is 6.42 Å². The summed E-state index contributed by atoms with van der Waals surface area (Å²) in [5, 5.41) is 0.140. The summed E-state index contributed by atoms with van der Waals surface area (Å²) in [6.07, 6.45) is 0.974. The quantitative estimate of drug-likeness (QED) is 0.831. The maximum absolute atomic E-state index is 5.87. The molecule has 6 heteroatoms. The summed E-state index contributed by atoms with van der Waals surface area (Å²) < 4.78 is 5.01. The Morgan fingerprint density at radius 2 is 2.06 bits per heavy atom. The average molecular weight is 263 g/mol. The first-order valence-corrected chi connectivity index (χ1v) is 5.97. The fourth-order valence-electron chi connectivity index (χ4n) is 2.08. The van der Waals surface area contributed by atoms with Gasteiger partial charge in [0.1, 0.15) is 0 Å². The van der Waals surface area contributed by atoms with Crippen LogP contribution in [-0.4, -0.2) is 28.6 Å². The fourth-order valence-corrected chi connectivity index (χ4v) is 2.23. The normalized spacial score (nSPS) is 13.6. The zero-order valence-corrected chi connectivity index (χ0v) is 10.6. The lowest BCUT2D eigenvalue weighted by molar-refractivity contribution is 0.378. The maximum atomic E-state index is 5.87. The molecule has 92 valence electrons. The summed E-state index contributed by atoms with van der Waals surface area (Å²) in [5.41, 5.74) is 2.40. The number of nitrogens with zero attached hydrogens (tertiary/aromatic N) is 4. The van der Waals surface area contributed by atoms with Gasteiger partial charge in [-0.15, -0.1) is 0 Å². The van der Waals surface area contributed by atoms with Crippen LogP contribution in [0.2, 0.25) is 5.28 Å². The van der Waals surface area contributed by atoms with Gasteiger partial charge in [-0.3, -0.25) is 0 Å². The van der Waals surface area contributed by atoms with E-state index in [1.807, 2.05) is 23.1 Å². The molecule has 1 aliphatic heterocycles. The second-order valence-electron chi connectivity index (χ2n) is 3.92. The summed E-state index contributed by atoms with van der Waals surface area (Å²) >= 11 is 5.87. The van der Waals surface area contributed by atoms with Crippen molar-refractivity contribution in [2.45, 2.75) is 6.42 Å². The van der Waals surface area contributed by atoms with Gasteiger partial charge in [0.2, 0.25) is 11.2 Å². The van der Waals surface area contributed by atoms with E-state index in [2.05, 4.69) is 21.0 Å². The van der Waals surface area contributed by atoms with Gasteiger partial charge in [-0.05, 0) is 29.7 Å². The van der Waals surface area contributed by atoms with Crippen molar-refractivity contribution < 1.29 is 4.74 Å². The Morgan fingerprint density at radius 1 is 1.22 bits per heavy atom. The van der Waals surface area contributed by atoms with Crippen LogP contribution in [0.3, 0.4) is 0 Å². The van der Waals surface area contributed by atoms with Gasteiger partial charge in [0.15, 0.2) is 0 Å². The van der Waals surface area contributed by atoms with Gasteiger partial charge in [-0.25, -0.2) is 0 Å². The number of benzene rings is 1. The number of para-hydroxylation sites is 1. The van der Waals surface area contributed by atoms with Gasteiger partial charge < -0.3 is 9.64 Å². The summed E-state index contributed by atoms with van der Waals surface area (Å²) in [4.78, 5) is 14.3. The van der Waals surface area contributed by atoms with E-state index in [0.29, 0.717) is 5.95 Å². The van der Waals surface area contributed by atoms with Gasteiger partial charge in [0.25, 0.3) is 0 Å². The van der Waals surface area contributed by atoms with Crippen LogP contribution in [0.1, 0.15) is 5.56 Å². The minimum atomic E-state index is 0.140. The molecule has 18 heavy (non-hydrogen) atoms. The number of methoxy groups -OCH3 is 1. The van der Waals surface area contributed by atoms with E-state index in [-0.39, 0.29) is 11.3 Å². The molecule has 0 unspecified atom stereocenters. The molecule has 3 rings (SSSR count). The largest absolute Gasteiger partial charge is 0.467 e. The van der Waals surface area contributed by atoms with Crippen LogP contribution >= 0.6 is 11.6 Å². The highest BCUT2D eigenvalue weighted by molar-refractivity contribution is 6.28. The predicted molar refractivity (Wildman–Crippen MR) is 68.5 cm³/mol. The second-order valence-corrected chi connectivity index (χ2v) is 4.26. The van der Waals surface area contributed by atoms with Crippen molar-refractivity contribution in [2.24, 2.45) is 0 Å². The highest BCUT2D eigenvalue weighted by atomic mass is 35.5. The Hall–Kier alpha value is -1.88. The Kier molecular flexibility index (Phi) is 2.76. The Bertz CT molecular complexity index is 590. The number of aromatic nitrogens is 3. The standard InChI is InChI=1S/C12H11ClN4O/c1-18-12-15-10(13)14-11(16-12)17-7-6-8-4-2-3-5-9(8)17/h2-5H,6-7H2,1H3. The lowest BCUT2D eigenvalue weighted by Crippen LogP contribution is -2.17. The SMILES string of the molecule is COc1nc(Cl)nc(N2CCc3ccccc32)n1. The van der Waals surface area contributed by atoms with Crippen LogP contribution in [0.4, 0.5) is 11.6 Å². The van der Waals surface area contributed by atoms with Crippen molar-refractivity contribution >= 4 is 23.2 Å². The molecule has 0 saturated carbocycles. The van der Waals surface area contributed by atoms with Gasteiger partial charge >= 0.3 is 6.01 Å². The van der Waals surface area contributed by atoms with Gasteiger partial charge in [0, 0.05) is 12.2 Å². The zero-order valence-electron chi connectivity index (χ0n) is 9.80. The lowest BCUT2D eigenvalue weighted by atomic mass is 10.2. The van der Waals surface area contributed by atoms with Crippen LogP contribution in [0.15, 0.2) is 24.3 Å². The summed E-state index contributed by atoms with van der Waals surface area (Å²) in [6.45, 7) is 0.836. The van der Waals surface area contributed by atoms with E-state index in [1.165, 1.54) is 12.7 Å². The highest BCUT2D eigenvalue weighted by Crippen LogP contribution is 2.32. The van der Waals surface area contributed by atoms with Crippen molar-refractivity contribution in [1.82, 2.24) is 15.0 Å². The number of fused-ring (bicyclic) bond motifs is 1. The molecule has 0 atom stereocenters. The molecule has 0 amide bonds. The zero-order chi connectivity index (χ0) is 12.5. The predicted octanol–water partition coefficient (Wildman–Crippen LogP) is 2.23. The minimum absolute atomic E-state index is 0.140. The Labute approximate surface area is 109 Å². The average Bonchev–Trinajstić information content (AvgIpc) is 2.81. The van der Waals surface area contributed by atoms with Crippen LogP contribution in [0, 0.1) is 0 Å². The Balaban J connectivity index is 2.04. The third-order valence-electron chi connectivity index (χ3n) is 2.89. The van der Waals surface area contributed by atoms with Gasteiger partial charge in [-0.1, -0.05) is 18.2 Å².